The monoisotopic (exact) mass is 201 g/mol. The van der Waals surface area contributed by atoms with E-state index in [4.69, 9.17) is 10.9 Å². The van der Waals surface area contributed by atoms with Crippen LogP contribution in [-0.2, 0) is 4.79 Å². The Morgan fingerprint density at radius 2 is 2.00 bits per heavy atom. The molecule has 1 amide bonds. The SMILES string of the molecule is CCN(C(=O)C(C)C(N)=NO)C(C)C. The second-order valence-corrected chi connectivity index (χ2v) is 3.46. The molecular formula is C9H19N3O2. The molecule has 0 spiro atoms. The van der Waals surface area contributed by atoms with Gasteiger partial charge in [0.05, 0.1) is 5.92 Å². The fraction of sp³-hybridized carbons (Fsp3) is 0.778. The molecule has 0 bridgehead atoms. The molecule has 0 aliphatic carbocycles. The van der Waals surface area contributed by atoms with Gasteiger partial charge in [0.2, 0.25) is 5.91 Å². The topological polar surface area (TPSA) is 78.9 Å². The smallest absolute Gasteiger partial charge is 0.233 e. The van der Waals surface area contributed by atoms with Gasteiger partial charge in [-0.3, -0.25) is 4.79 Å². The average molecular weight is 201 g/mol. The molecule has 3 N–H and O–H groups in total. The molecule has 0 radical (unpaired) electrons. The van der Waals surface area contributed by atoms with Crippen molar-refractivity contribution in [2.75, 3.05) is 6.54 Å². The second-order valence-electron chi connectivity index (χ2n) is 3.46. The Morgan fingerprint density at radius 1 is 1.50 bits per heavy atom. The number of nitrogens with two attached hydrogens (primary N) is 1. The average Bonchev–Trinajstić information content (AvgIpc) is 2.15. The molecule has 1 atom stereocenters. The molecular weight excluding hydrogens is 182 g/mol. The summed E-state index contributed by atoms with van der Waals surface area (Å²) in [6, 6.07) is 0.126. The normalized spacial score (nSPS) is 14.2. The molecule has 5 nitrogen and oxygen atoms in total. The minimum absolute atomic E-state index is 0.0471. The van der Waals surface area contributed by atoms with Gasteiger partial charge < -0.3 is 15.8 Å². The molecule has 0 aliphatic rings. The van der Waals surface area contributed by atoms with Crippen LogP contribution in [-0.4, -0.2) is 34.4 Å². The van der Waals surface area contributed by atoms with Gasteiger partial charge in [-0.05, 0) is 27.7 Å². The van der Waals surface area contributed by atoms with Gasteiger partial charge in [-0.1, -0.05) is 5.16 Å². The number of hydrogen-bond donors (Lipinski definition) is 2. The van der Waals surface area contributed by atoms with E-state index in [-0.39, 0.29) is 17.8 Å². The summed E-state index contributed by atoms with van der Waals surface area (Å²) < 4.78 is 0. The van der Waals surface area contributed by atoms with Crippen LogP contribution in [0, 0.1) is 5.92 Å². The molecule has 0 aliphatic heterocycles. The van der Waals surface area contributed by atoms with E-state index in [2.05, 4.69) is 5.16 Å². The third-order valence-electron chi connectivity index (χ3n) is 2.18. The molecule has 82 valence electrons. The largest absolute Gasteiger partial charge is 0.409 e. The van der Waals surface area contributed by atoms with Gasteiger partial charge >= 0.3 is 0 Å². The van der Waals surface area contributed by atoms with Gasteiger partial charge in [0.25, 0.3) is 0 Å². The number of amidine groups is 1. The van der Waals surface area contributed by atoms with Crippen LogP contribution in [0.1, 0.15) is 27.7 Å². The third-order valence-corrected chi connectivity index (χ3v) is 2.18. The summed E-state index contributed by atoms with van der Waals surface area (Å²) in [7, 11) is 0. The lowest BCUT2D eigenvalue weighted by Gasteiger charge is -2.27. The quantitative estimate of drug-likeness (QED) is 0.303. The van der Waals surface area contributed by atoms with E-state index in [1.54, 1.807) is 11.8 Å². The number of nitrogens with zero attached hydrogens (tertiary/aromatic N) is 2. The van der Waals surface area contributed by atoms with E-state index < -0.39 is 5.92 Å². The summed E-state index contributed by atoms with van der Waals surface area (Å²) in [5.41, 5.74) is 5.36. The highest BCUT2D eigenvalue weighted by Gasteiger charge is 2.24. The minimum Gasteiger partial charge on any atom is -0.409 e. The summed E-state index contributed by atoms with van der Waals surface area (Å²) >= 11 is 0. The minimum atomic E-state index is -0.567. The molecule has 0 rings (SSSR count). The first kappa shape index (κ1) is 12.7. The zero-order valence-electron chi connectivity index (χ0n) is 9.19. The van der Waals surface area contributed by atoms with Crippen molar-refractivity contribution in [2.24, 2.45) is 16.8 Å². The van der Waals surface area contributed by atoms with Crippen molar-refractivity contribution in [1.29, 1.82) is 0 Å². The fourth-order valence-electron chi connectivity index (χ4n) is 1.24. The van der Waals surface area contributed by atoms with Gasteiger partial charge in [-0.25, -0.2) is 0 Å². The summed E-state index contributed by atoms with van der Waals surface area (Å²) in [6.07, 6.45) is 0. The Balaban J connectivity index is 4.59. The van der Waals surface area contributed by atoms with Crippen LogP contribution < -0.4 is 5.73 Å². The summed E-state index contributed by atoms with van der Waals surface area (Å²) in [5, 5.41) is 11.3. The number of rotatable bonds is 4. The maximum atomic E-state index is 11.8. The number of oxime groups is 1. The van der Waals surface area contributed by atoms with E-state index >= 15 is 0 Å². The molecule has 0 aromatic rings. The maximum Gasteiger partial charge on any atom is 0.233 e. The first-order chi connectivity index (χ1) is 6.45. The maximum absolute atomic E-state index is 11.8. The van der Waals surface area contributed by atoms with Crippen LogP contribution in [0.3, 0.4) is 0 Å². The van der Waals surface area contributed by atoms with E-state index in [0.717, 1.165) is 0 Å². The van der Waals surface area contributed by atoms with Crippen LogP contribution >= 0.6 is 0 Å². The van der Waals surface area contributed by atoms with E-state index in [9.17, 15) is 4.79 Å². The van der Waals surface area contributed by atoms with Gasteiger partial charge in [-0.15, -0.1) is 0 Å². The molecule has 1 unspecified atom stereocenters. The Kier molecular flexibility index (Phi) is 4.97. The first-order valence-electron chi connectivity index (χ1n) is 4.73. The lowest BCUT2D eigenvalue weighted by atomic mass is 10.1. The van der Waals surface area contributed by atoms with Crippen molar-refractivity contribution in [3.05, 3.63) is 0 Å². The van der Waals surface area contributed by atoms with Crippen LogP contribution in [0.5, 0.6) is 0 Å². The lowest BCUT2D eigenvalue weighted by molar-refractivity contribution is -0.134. The number of carbonyl (C=O) groups is 1. The van der Waals surface area contributed by atoms with E-state index in [0.29, 0.717) is 6.54 Å². The van der Waals surface area contributed by atoms with Crippen LogP contribution in [0.2, 0.25) is 0 Å². The second kappa shape index (κ2) is 5.47. The van der Waals surface area contributed by atoms with Crippen molar-refractivity contribution in [3.63, 3.8) is 0 Å². The number of carbonyl (C=O) groups excluding carboxylic acids is 1. The molecule has 14 heavy (non-hydrogen) atoms. The van der Waals surface area contributed by atoms with Crippen molar-refractivity contribution in [3.8, 4) is 0 Å². The van der Waals surface area contributed by atoms with Gasteiger partial charge in [0.15, 0.2) is 5.84 Å². The zero-order valence-corrected chi connectivity index (χ0v) is 9.19. The molecule has 5 heteroatoms. The molecule has 0 heterocycles. The lowest BCUT2D eigenvalue weighted by Crippen LogP contribution is -2.43. The molecule has 0 aromatic carbocycles. The van der Waals surface area contributed by atoms with Crippen LogP contribution in [0.25, 0.3) is 0 Å². The van der Waals surface area contributed by atoms with Gasteiger partial charge in [0.1, 0.15) is 0 Å². The van der Waals surface area contributed by atoms with Crippen LogP contribution in [0.4, 0.5) is 0 Å². The van der Waals surface area contributed by atoms with Crippen LogP contribution in [0.15, 0.2) is 5.16 Å². The Morgan fingerprint density at radius 3 is 2.29 bits per heavy atom. The number of hydrogen-bond acceptors (Lipinski definition) is 3. The standard InChI is InChI=1S/C9H19N3O2/c1-5-12(6(2)3)9(13)7(4)8(10)11-14/h6-7,14H,5H2,1-4H3,(H2,10,11). The summed E-state index contributed by atoms with van der Waals surface area (Å²) in [5.74, 6) is -0.728. The molecule has 0 aromatic heterocycles. The molecule has 0 saturated heterocycles. The third kappa shape index (κ3) is 2.90. The number of amides is 1. The van der Waals surface area contributed by atoms with Gasteiger partial charge in [0, 0.05) is 12.6 Å². The Bertz CT molecular complexity index is 226. The Labute approximate surface area is 84.6 Å². The summed E-state index contributed by atoms with van der Waals surface area (Å²) in [6.45, 7) is 8.01. The Hall–Kier alpha value is -1.26. The van der Waals surface area contributed by atoms with Gasteiger partial charge in [-0.2, -0.15) is 0 Å². The zero-order chi connectivity index (χ0) is 11.3. The van der Waals surface area contributed by atoms with Crippen molar-refractivity contribution in [2.45, 2.75) is 33.7 Å². The van der Waals surface area contributed by atoms with Crippen molar-refractivity contribution < 1.29 is 10.0 Å². The highest BCUT2D eigenvalue weighted by molar-refractivity contribution is 6.01. The predicted molar refractivity (Wildman–Crippen MR) is 55.1 cm³/mol. The molecule has 0 fully saturated rings. The fourth-order valence-corrected chi connectivity index (χ4v) is 1.24. The van der Waals surface area contributed by atoms with E-state index in [1.165, 1.54) is 0 Å². The highest BCUT2D eigenvalue weighted by Crippen LogP contribution is 2.06. The first-order valence-corrected chi connectivity index (χ1v) is 4.73. The van der Waals surface area contributed by atoms with E-state index in [1.807, 2.05) is 20.8 Å². The van der Waals surface area contributed by atoms with Crippen molar-refractivity contribution >= 4 is 11.7 Å². The highest BCUT2D eigenvalue weighted by atomic mass is 16.4. The molecule has 0 saturated carbocycles. The summed E-state index contributed by atoms with van der Waals surface area (Å²) in [4.78, 5) is 13.5. The predicted octanol–water partition coefficient (Wildman–Crippen LogP) is 0.626. The van der Waals surface area contributed by atoms with Crippen molar-refractivity contribution in [1.82, 2.24) is 4.90 Å².